The molecule has 1 atom stereocenters. The quantitative estimate of drug-likeness (QED) is 0.877. The molecule has 2 rings (SSSR count). The molecule has 92 valence electrons. The molecule has 0 saturated heterocycles. The van der Waals surface area contributed by atoms with Crippen molar-refractivity contribution < 1.29 is 0 Å². The molecule has 0 spiro atoms. The number of hydrogen-bond acceptors (Lipinski definition) is 3. The Morgan fingerprint density at radius 1 is 1.41 bits per heavy atom. The molecule has 3 nitrogen and oxygen atoms in total. The lowest BCUT2D eigenvalue weighted by atomic mass is 10.2. The minimum atomic E-state index is 0.332. The van der Waals surface area contributed by atoms with Crippen LogP contribution < -0.4 is 5.32 Å². The Balaban J connectivity index is 2.13. The van der Waals surface area contributed by atoms with Gasteiger partial charge in [-0.05, 0) is 35.2 Å². The zero-order valence-electron chi connectivity index (χ0n) is 10.6. The topological polar surface area (TPSA) is 29.9 Å². The minimum absolute atomic E-state index is 0.332. The molecule has 2 aromatic heterocycles. The minimum Gasteiger partial charge on any atom is -0.355 e. The van der Waals surface area contributed by atoms with Gasteiger partial charge < -0.3 is 9.88 Å². The molecule has 0 saturated carbocycles. The lowest BCUT2D eigenvalue weighted by Crippen LogP contribution is -2.15. The van der Waals surface area contributed by atoms with Gasteiger partial charge in [0.15, 0.2) is 0 Å². The molecule has 0 aliphatic rings. The molecule has 0 aliphatic heterocycles. The van der Waals surface area contributed by atoms with E-state index < -0.39 is 0 Å². The zero-order chi connectivity index (χ0) is 12.3. The summed E-state index contributed by atoms with van der Waals surface area (Å²) in [5.74, 6) is 1.58. The second kappa shape index (κ2) is 5.36. The van der Waals surface area contributed by atoms with Gasteiger partial charge in [0.2, 0.25) is 5.95 Å². The van der Waals surface area contributed by atoms with Crippen molar-refractivity contribution in [2.24, 2.45) is 5.92 Å². The molecule has 4 heteroatoms. The van der Waals surface area contributed by atoms with Gasteiger partial charge in [-0.15, -0.1) is 0 Å². The number of anilines is 1. The summed E-state index contributed by atoms with van der Waals surface area (Å²) in [6.45, 7) is 7.54. The molecular formula is C13H19N3S. The molecule has 0 aromatic carbocycles. The largest absolute Gasteiger partial charge is 0.355 e. The van der Waals surface area contributed by atoms with Gasteiger partial charge in [0.05, 0.1) is 6.04 Å². The van der Waals surface area contributed by atoms with Crippen molar-refractivity contribution in [3.05, 3.63) is 34.8 Å². The summed E-state index contributed by atoms with van der Waals surface area (Å²) < 4.78 is 2.18. The summed E-state index contributed by atoms with van der Waals surface area (Å²) in [6.07, 6.45) is 3.89. The molecule has 0 radical (unpaired) electrons. The molecule has 1 unspecified atom stereocenters. The van der Waals surface area contributed by atoms with Crippen LogP contribution in [0.4, 0.5) is 5.95 Å². The predicted molar refractivity (Wildman–Crippen MR) is 73.7 cm³/mol. The number of thiophene rings is 1. The zero-order valence-corrected chi connectivity index (χ0v) is 11.4. The van der Waals surface area contributed by atoms with Crippen molar-refractivity contribution in [1.82, 2.24) is 9.55 Å². The van der Waals surface area contributed by atoms with Crippen LogP contribution in [0.1, 0.15) is 32.4 Å². The van der Waals surface area contributed by atoms with Gasteiger partial charge >= 0.3 is 0 Å². The van der Waals surface area contributed by atoms with E-state index in [2.05, 4.69) is 52.5 Å². The molecule has 0 aliphatic carbocycles. The van der Waals surface area contributed by atoms with E-state index in [4.69, 9.17) is 0 Å². The van der Waals surface area contributed by atoms with Crippen molar-refractivity contribution >= 4 is 17.3 Å². The Morgan fingerprint density at radius 3 is 2.88 bits per heavy atom. The van der Waals surface area contributed by atoms with Crippen molar-refractivity contribution in [2.45, 2.75) is 26.8 Å². The summed E-state index contributed by atoms with van der Waals surface area (Å²) in [7, 11) is 0. The number of rotatable bonds is 5. The lowest BCUT2D eigenvalue weighted by Gasteiger charge is -2.16. The van der Waals surface area contributed by atoms with Crippen LogP contribution in [0.25, 0.3) is 0 Å². The SMILES string of the molecule is CC(C)CNc1nccn1C(C)c1ccsc1. The smallest absolute Gasteiger partial charge is 0.203 e. The number of nitrogens with one attached hydrogen (secondary N) is 1. The maximum absolute atomic E-state index is 4.37. The fourth-order valence-corrected chi connectivity index (χ4v) is 2.48. The van der Waals surface area contributed by atoms with Crippen molar-refractivity contribution in [3.63, 3.8) is 0 Å². The summed E-state index contributed by atoms with van der Waals surface area (Å²) in [6, 6.07) is 2.50. The van der Waals surface area contributed by atoms with Gasteiger partial charge in [-0.2, -0.15) is 11.3 Å². The number of nitrogens with zero attached hydrogens (tertiary/aromatic N) is 2. The van der Waals surface area contributed by atoms with Crippen LogP contribution in [0.2, 0.25) is 0 Å². The van der Waals surface area contributed by atoms with Crippen molar-refractivity contribution in [2.75, 3.05) is 11.9 Å². The van der Waals surface area contributed by atoms with E-state index in [1.807, 2.05) is 12.4 Å². The van der Waals surface area contributed by atoms with Crippen LogP contribution in [0.3, 0.4) is 0 Å². The first kappa shape index (κ1) is 12.2. The first-order valence-corrected chi connectivity index (χ1v) is 6.91. The van der Waals surface area contributed by atoms with Crippen LogP contribution in [0.5, 0.6) is 0 Å². The van der Waals surface area contributed by atoms with E-state index in [-0.39, 0.29) is 0 Å². The van der Waals surface area contributed by atoms with Crippen LogP contribution in [0, 0.1) is 5.92 Å². The van der Waals surface area contributed by atoms with E-state index >= 15 is 0 Å². The number of imidazole rings is 1. The maximum atomic E-state index is 4.37. The second-order valence-corrected chi connectivity index (χ2v) is 5.45. The summed E-state index contributed by atoms with van der Waals surface area (Å²) in [5.41, 5.74) is 1.33. The van der Waals surface area contributed by atoms with Gasteiger partial charge in [0.1, 0.15) is 0 Å². The Labute approximate surface area is 107 Å². The fourth-order valence-electron chi connectivity index (χ4n) is 1.73. The van der Waals surface area contributed by atoms with Crippen LogP contribution >= 0.6 is 11.3 Å². The predicted octanol–water partition coefficient (Wildman–Crippen LogP) is 3.62. The van der Waals surface area contributed by atoms with Crippen LogP contribution in [0.15, 0.2) is 29.2 Å². The average molecular weight is 249 g/mol. The standard InChI is InChI=1S/C13H19N3S/c1-10(2)8-15-13-14-5-6-16(13)11(3)12-4-7-17-9-12/h4-7,9-11H,8H2,1-3H3,(H,14,15). The molecule has 1 N–H and O–H groups in total. The Hall–Kier alpha value is -1.29. The second-order valence-electron chi connectivity index (χ2n) is 4.67. The van der Waals surface area contributed by atoms with Gasteiger partial charge in [0, 0.05) is 18.9 Å². The third-order valence-corrected chi connectivity index (χ3v) is 3.48. The summed E-state index contributed by atoms with van der Waals surface area (Å²) in [4.78, 5) is 4.37. The van der Waals surface area contributed by atoms with E-state index in [1.54, 1.807) is 11.3 Å². The highest BCUT2D eigenvalue weighted by Crippen LogP contribution is 2.23. The normalized spacial score (nSPS) is 12.9. The Bertz CT molecular complexity index is 445. The van der Waals surface area contributed by atoms with Gasteiger partial charge in [0.25, 0.3) is 0 Å². The Kier molecular flexibility index (Phi) is 3.84. The van der Waals surface area contributed by atoms with E-state index in [0.717, 1.165) is 12.5 Å². The summed E-state index contributed by atoms with van der Waals surface area (Å²) in [5, 5.41) is 7.70. The first-order valence-electron chi connectivity index (χ1n) is 5.97. The molecule has 0 bridgehead atoms. The van der Waals surface area contributed by atoms with E-state index in [9.17, 15) is 0 Å². The van der Waals surface area contributed by atoms with E-state index in [1.165, 1.54) is 5.56 Å². The average Bonchev–Trinajstić information content (AvgIpc) is 2.96. The number of hydrogen-bond donors (Lipinski definition) is 1. The Morgan fingerprint density at radius 2 is 2.24 bits per heavy atom. The van der Waals surface area contributed by atoms with Crippen LogP contribution in [-0.2, 0) is 0 Å². The van der Waals surface area contributed by atoms with Gasteiger partial charge in [-0.1, -0.05) is 13.8 Å². The molecule has 17 heavy (non-hydrogen) atoms. The van der Waals surface area contributed by atoms with E-state index in [0.29, 0.717) is 12.0 Å². The first-order chi connectivity index (χ1) is 8.18. The summed E-state index contributed by atoms with van der Waals surface area (Å²) >= 11 is 1.74. The molecular weight excluding hydrogens is 230 g/mol. The third-order valence-electron chi connectivity index (χ3n) is 2.78. The monoisotopic (exact) mass is 249 g/mol. The van der Waals surface area contributed by atoms with Crippen molar-refractivity contribution in [1.29, 1.82) is 0 Å². The van der Waals surface area contributed by atoms with Gasteiger partial charge in [-0.25, -0.2) is 4.98 Å². The van der Waals surface area contributed by atoms with Gasteiger partial charge in [-0.3, -0.25) is 0 Å². The lowest BCUT2D eigenvalue weighted by molar-refractivity contribution is 0.630. The number of aromatic nitrogens is 2. The molecule has 2 aromatic rings. The third kappa shape index (κ3) is 2.88. The van der Waals surface area contributed by atoms with Crippen molar-refractivity contribution in [3.8, 4) is 0 Å². The highest BCUT2D eigenvalue weighted by Gasteiger charge is 2.12. The molecule has 0 fully saturated rings. The highest BCUT2D eigenvalue weighted by atomic mass is 32.1. The maximum Gasteiger partial charge on any atom is 0.203 e. The molecule has 0 amide bonds. The van der Waals surface area contributed by atoms with Crippen LogP contribution in [-0.4, -0.2) is 16.1 Å². The fraction of sp³-hybridized carbons (Fsp3) is 0.462. The highest BCUT2D eigenvalue weighted by molar-refractivity contribution is 7.07. The molecule has 2 heterocycles.